The van der Waals surface area contributed by atoms with Gasteiger partial charge in [-0.1, -0.05) is 13.8 Å². The van der Waals surface area contributed by atoms with Crippen molar-refractivity contribution in [2.24, 2.45) is 0 Å². The maximum absolute atomic E-state index is 12.1. The van der Waals surface area contributed by atoms with Crippen molar-refractivity contribution < 1.29 is 14.3 Å². The van der Waals surface area contributed by atoms with Crippen molar-refractivity contribution in [2.45, 2.75) is 52.1 Å². The van der Waals surface area contributed by atoms with E-state index in [1.54, 1.807) is 7.11 Å². The Morgan fingerprint density at radius 1 is 1.45 bits per heavy atom. The minimum Gasteiger partial charge on any atom is -0.496 e. The Bertz CT molecular complexity index is 582. The topological polar surface area (TPSA) is 67.4 Å². The van der Waals surface area contributed by atoms with Gasteiger partial charge in [0, 0.05) is 13.0 Å². The third-order valence-electron chi connectivity index (χ3n) is 4.08. The molecule has 1 heterocycles. The number of rotatable bonds is 5. The van der Waals surface area contributed by atoms with Gasteiger partial charge in [0.25, 0.3) is 0 Å². The molecule has 1 fully saturated rings. The summed E-state index contributed by atoms with van der Waals surface area (Å²) in [4.78, 5) is 23.2. The number of amides is 2. The fraction of sp³-hybridized carbons (Fsp3) is 0.529. The summed E-state index contributed by atoms with van der Waals surface area (Å²) >= 11 is 0. The lowest BCUT2D eigenvalue weighted by atomic mass is 9.96. The molecular formula is C17H24N2O3. The van der Waals surface area contributed by atoms with Crippen LogP contribution >= 0.6 is 0 Å². The fourth-order valence-electron chi connectivity index (χ4n) is 2.68. The molecule has 1 aliphatic heterocycles. The lowest BCUT2D eigenvalue weighted by Gasteiger charge is -2.17. The van der Waals surface area contributed by atoms with Crippen LogP contribution in [0, 0.1) is 6.92 Å². The summed E-state index contributed by atoms with van der Waals surface area (Å²) in [6.45, 7) is 6.69. The van der Waals surface area contributed by atoms with Crippen LogP contribution in [0.4, 0.5) is 0 Å². The normalized spacial score (nSPS) is 17.5. The first kappa shape index (κ1) is 16.3. The van der Waals surface area contributed by atoms with Gasteiger partial charge >= 0.3 is 0 Å². The average Bonchev–Trinajstić information content (AvgIpc) is 2.91. The summed E-state index contributed by atoms with van der Waals surface area (Å²) in [5.41, 5.74) is 3.28. The number of nitrogens with one attached hydrogen (secondary N) is 2. The van der Waals surface area contributed by atoms with Gasteiger partial charge < -0.3 is 15.4 Å². The lowest BCUT2D eigenvalue weighted by Crippen LogP contribution is -2.41. The van der Waals surface area contributed by atoms with Crippen LogP contribution in [0.3, 0.4) is 0 Å². The number of methoxy groups -OCH3 is 1. The fourth-order valence-corrected chi connectivity index (χ4v) is 2.68. The second-order valence-electron chi connectivity index (χ2n) is 6.05. The molecule has 0 aliphatic carbocycles. The minimum absolute atomic E-state index is 0.0529. The largest absolute Gasteiger partial charge is 0.496 e. The molecule has 2 rings (SSSR count). The second-order valence-corrected chi connectivity index (χ2v) is 6.05. The zero-order valence-corrected chi connectivity index (χ0v) is 13.7. The number of hydrogen-bond donors (Lipinski definition) is 2. The van der Waals surface area contributed by atoms with E-state index < -0.39 is 6.04 Å². The van der Waals surface area contributed by atoms with Crippen LogP contribution < -0.4 is 15.4 Å². The molecule has 5 nitrogen and oxygen atoms in total. The molecule has 0 spiro atoms. The van der Waals surface area contributed by atoms with Gasteiger partial charge in [-0.05, 0) is 48.1 Å². The molecule has 1 aromatic rings. The maximum atomic E-state index is 12.1. The van der Waals surface area contributed by atoms with Crippen LogP contribution in [0.25, 0.3) is 0 Å². The zero-order valence-electron chi connectivity index (χ0n) is 13.7. The number of ether oxygens (including phenoxy) is 1. The summed E-state index contributed by atoms with van der Waals surface area (Å²) in [7, 11) is 1.67. The van der Waals surface area contributed by atoms with E-state index in [-0.39, 0.29) is 11.8 Å². The van der Waals surface area contributed by atoms with E-state index in [1.165, 1.54) is 0 Å². The Balaban J connectivity index is 2.07. The Hall–Kier alpha value is -2.04. The molecule has 5 heteroatoms. The van der Waals surface area contributed by atoms with Gasteiger partial charge in [0.2, 0.25) is 11.8 Å². The monoisotopic (exact) mass is 304 g/mol. The van der Waals surface area contributed by atoms with Crippen molar-refractivity contribution in [1.82, 2.24) is 10.6 Å². The molecular weight excluding hydrogens is 280 g/mol. The molecule has 120 valence electrons. The lowest BCUT2D eigenvalue weighted by molar-refractivity contribution is -0.125. The highest BCUT2D eigenvalue weighted by molar-refractivity contribution is 5.90. The van der Waals surface area contributed by atoms with Crippen molar-refractivity contribution in [3.63, 3.8) is 0 Å². The summed E-state index contributed by atoms with van der Waals surface area (Å²) < 4.78 is 5.43. The minimum atomic E-state index is -0.393. The van der Waals surface area contributed by atoms with Gasteiger partial charge in [0.15, 0.2) is 0 Å². The van der Waals surface area contributed by atoms with Crippen LogP contribution in [-0.2, 0) is 16.1 Å². The van der Waals surface area contributed by atoms with Gasteiger partial charge in [-0.3, -0.25) is 9.59 Å². The highest BCUT2D eigenvalue weighted by Gasteiger charge is 2.26. The first-order valence-electron chi connectivity index (χ1n) is 7.66. The molecule has 0 bridgehead atoms. The Kier molecular flexibility index (Phi) is 5.06. The SMILES string of the molecule is COc1cc(C)c(CNC(=O)C2CCC(=O)N2)cc1C(C)C. The van der Waals surface area contributed by atoms with E-state index in [2.05, 4.69) is 30.5 Å². The van der Waals surface area contributed by atoms with Crippen molar-refractivity contribution in [3.05, 3.63) is 28.8 Å². The number of aryl methyl sites for hydroxylation is 1. The van der Waals surface area contributed by atoms with Gasteiger partial charge in [0.05, 0.1) is 7.11 Å². The van der Waals surface area contributed by atoms with Crippen LogP contribution in [0.1, 0.15) is 49.3 Å². The van der Waals surface area contributed by atoms with Crippen LogP contribution in [0.2, 0.25) is 0 Å². The second kappa shape index (κ2) is 6.81. The van der Waals surface area contributed by atoms with E-state index in [4.69, 9.17) is 4.74 Å². The third-order valence-corrected chi connectivity index (χ3v) is 4.08. The molecule has 0 saturated carbocycles. The van der Waals surface area contributed by atoms with E-state index in [0.29, 0.717) is 25.3 Å². The van der Waals surface area contributed by atoms with Crippen LogP contribution in [-0.4, -0.2) is 25.0 Å². The summed E-state index contributed by atoms with van der Waals surface area (Å²) in [5, 5.41) is 5.59. The smallest absolute Gasteiger partial charge is 0.242 e. The van der Waals surface area contributed by atoms with Crippen molar-refractivity contribution in [3.8, 4) is 5.75 Å². The van der Waals surface area contributed by atoms with Crippen molar-refractivity contribution >= 4 is 11.8 Å². The molecule has 2 N–H and O–H groups in total. The number of benzene rings is 1. The van der Waals surface area contributed by atoms with E-state index >= 15 is 0 Å². The summed E-state index contributed by atoms with van der Waals surface area (Å²) in [5.74, 6) is 1.06. The highest BCUT2D eigenvalue weighted by atomic mass is 16.5. The van der Waals surface area contributed by atoms with Crippen LogP contribution in [0.5, 0.6) is 5.75 Å². The molecule has 22 heavy (non-hydrogen) atoms. The molecule has 1 aromatic carbocycles. The zero-order chi connectivity index (χ0) is 16.3. The Labute approximate surface area is 131 Å². The van der Waals surface area contributed by atoms with E-state index in [1.807, 2.05) is 13.0 Å². The summed E-state index contributed by atoms with van der Waals surface area (Å²) in [6, 6.07) is 3.70. The van der Waals surface area contributed by atoms with E-state index in [9.17, 15) is 9.59 Å². The molecule has 1 atom stereocenters. The van der Waals surface area contributed by atoms with Gasteiger partial charge in [-0.2, -0.15) is 0 Å². The quantitative estimate of drug-likeness (QED) is 0.874. The molecule has 2 amide bonds. The Morgan fingerprint density at radius 2 is 2.18 bits per heavy atom. The molecule has 1 unspecified atom stereocenters. The van der Waals surface area contributed by atoms with Gasteiger partial charge in [-0.25, -0.2) is 0 Å². The van der Waals surface area contributed by atoms with Crippen LogP contribution in [0.15, 0.2) is 12.1 Å². The highest BCUT2D eigenvalue weighted by Crippen LogP contribution is 2.29. The predicted molar refractivity (Wildman–Crippen MR) is 84.8 cm³/mol. The number of carbonyl (C=O) groups is 2. The third kappa shape index (κ3) is 3.59. The number of carbonyl (C=O) groups excluding carboxylic acids is 2. The Morgan fingerprint density at radius 3 is 2.73 bits per heavy atom. The molecule has 1 saturated heterocycles. The summed E-state index contributed by atoms with van der Waals surface area (Å²) in [6.07, 6.45) is 1.00. The number of hydrogen-bond acceptors (Lipinski definition) is 3. The first-order valence-corrected chi connectivity index (χ1v) is 7.66. The molecule has 0 radical (unpaired) electrons. The van der Waals surface area contributed by atoms with Crippen molar-refractivity contribution in [2.75, 3.05) is 7.11 Å². The maximum Gasteiger partial charge on any atom is 0.242 e. The van der Waals surface area contributed by atoms with E-state index in [0.717, 1.165) is 22.4 Å². The molecule has 1 aliphatic rings. The predicted octanol–water partition coefficient (Wildman–Crippen LogP) is 2.02. The van der Waals surface area contributed by atoms with Gasteiger partial charge in [0.1, 0.15) is 11.8 Å². The first-order chi connectivity index (χ1) is 10.4. The van der Waals surface area contributed by atoms with Gasteiger partial charge in [-0.15, -0.1) is 0 Å². The molecule has 0 aromatic heterocycles. The average molecular weight is 304 g/mol. The standard InChI is InChI=1S/C17H24N2O3/c1-10(2)13-8-12(11(3)7-15(13)22-4)9-18-17(21)14-5-6-16(20)19-14/h7-8,10,14H,5-6,9H2,1-4H3,(H,18,21)(H,19,20). The van der Waals surface area contributed by atoms with Crippen molar-refractivity contribution in [1.29, 1.82) is 0 Å².